The van der Waals surface area contributed by atoms with Gasteiger partial charge in [0.2, 0.25) is 0 Å². The fourth-order valence-electron chi connectivity index (χ4n) is 4.24. The number of rotatable bonds is 3. The molecule has 154 valence electrons. The van der Waals surface area contributed by atoms with Gasteiger partial charge in [-0.05, 0) is 18.2 Å². The Bertz CT molecular complexity index is 1040. The molecule has 2 amide bonds. The smallest absolute Gasteiger partial charge is 0.271 e. The van der Waals surface area contributed by atoms with Gasteiger partial charge >= 0.3 is 0 Å². The average molecular weight is 406 g/mol. The molecule has 0 bridgehead atoms. The number of piperidine rings is 1. The summed E-state index contributed by atoms with van der Waals surface area (Å²) in [5, 5.41) is 9.50. The Morgan fingerprint density at radius 3 is 2.67 bits per heavy atom. The largest absolute Gasteiger partial charge is 0.352 e. The number of fused-ring (bicyclic) bond motifs is 2. The maximum absolute atomic E-state index is 12.9. The number of hydrogen-bond donors (Lipinski definition) is 2. The average Bonchev–Trinajstić information content (AvgIpc) is 3.47. The molecule has 3 aromatic rings. The number of nitrogens with zero attached hydrogens (tertiary/aromatic N) is 4. The number of imidazole rings is 1. The van der Waals surface area contributed by atoms with E-state index < -0.39 is 11.7 Å². The molecule has 9 heteroatoms. The minimum Gasteiger partial charge on any atom is -0.352 e. The third-order valence-corrected chi connectivity index (χ3v) is 5.78. The maximum atomic E-state index is 12.9. The van der Waals surface area contributed by atoms with Gasteiger partial charge < -0.3 is 19.5 Å². The number of hydrogen-bond acceptors (Lipinski definition) is 5. The zero-order chi connectivity index (χ0) is 20.6. The molecule has 1 fully saturated rings. The molecule has 0 radical (unpaired) electrons. The van der Waals surface area contributed by atoms with Crippen LogP contribution in [0.4, 0.5) is 5.69 Å². The van der Waals surface area contributed by atoms with Gasteiger partial charge in [0.05, 0.1) is 6.54 Å². The molecule has 1 saturated heterocycles. The van der Waals surface area contributed by atoms with Crippen LogP contribution in [-0.4, -0.2) is 55.7 Å². The number of para-hydroxylation sites is 1. The fraction of sp³-hybridized carbons (Fsp3) is 0.333. The SMILES string of the molecule is O=C(Nc1ccccc1)[C@@H]1Cn2ccnc2C2(CCN(C(=O)c3ccn[nH]3)CC2)O1. The molecule has 2 aromatic heterocycles. The second-order valence-corrected chi connectivity index (χ2v) is 7.62. The lowest BCUT2D eigenvalue weighted by Crippen LogP contribution is -2.54. The lowest BCUT2D eigenvalue weighted by Gasteiger charge is -2.45. The van der Waals surface area contributed by atoms with Crippen molar-refractivity contribution in [1.82, 2.24) is 24.6 Å². The van der Waals surface area contributed by atoms with Crippen molar-refractivity contribution in [2.45, 2.75) is 31.1 Å². The molecule has 4 heterocycles. The molecule has 5 rings (SSSR count). The number of anilines is 1. The maximum Gasteiger partial charge on any atom is 0.271 e. The monoisotopic (exact) mass is 406 g/mol. The van der Waals surface area contributed by atoms with E-state index in [1.165, 1.54) is 0 Å². The summed E-state index contributed by atoms with van der Waals surface area (Å²) in [5.41, 5.74) is 0.513. The molecule has 0 saturated carbocycles. The van der Waals surface area contributed by atoms with Crippen LogP contribution >= 0.6 is 0 Å². The second-order valence-electron chi connectivity index (χ2n) is 7.62. The third kappa shape index (κ3) is 3.26. The summed E-state index contributed by atoms with van der Waals surface area (Å²) < 4.78 is 8.39. The van der Waals surface area contributed by atoms with Gasteiger partial charge in [-0.15, -0.1) is 0 Å². The van der Waals surface area contributed by atoms with E-state index in [2.05, 4.69) is 20.5 Å². The van der Waals surface area contributed by atoms with E-state index in [1.807, 2.05) is 41.1 Å². The molecule has 0 unspecified atom stereocenters. The first kappa shape index (κ1) is 18.6. The Balaban J connectivity index is 1.33. The van der Waals surface area contributed by atoms with Gasteiger partial charge in [-0.25, -0.2) is 4.98 Å². The van der Waals surface area contributed by atoms with E-state index in [-0.39, 0.29) is 11.8 Å². The highest BCUT2D eigenvalue weighted by Crippen LogP contribution is 2.40. The molecule has 0 aliphatic carbocycles. The van der Waals surface area contributed by atoms with Crippen LogP contribution in [0.25, 0.3) is 0 Å². The van der Waals surface area contributed by atoms with Crippen molar-refractivity contribution in [2.75, 3.05) is 18.4 Å². The Hall–Kier alpha value is -3.46. The summed E-state index contributed by atoms with van der Waals surface area (Å²) >= 11 is 0. The number of carbonyl (C=O) groups is 2. The molecule has 1 atom stereocenters. The zero-order valence-corrected chi connectivity index (χ0v) is 16.3. The summed E-state index contributed by atoms with van der Waals surface area (Å²) in [6, 6.07) is 11.0. The topological polar surface area (TPSA) is 105 Å². The second kappa shape index (κ2) is 7.42. The number of H-pyrrole nitrogens is 1. The first-order valence-electron chi connectivity index (χ1n) is 9.99. The van der Waals surface area contributed by atoms with Crippen molar-refractivity contribution in [3.8, 4) is 0 Å². The first-order valence-corrected chi connectivity index (χ1v) is 9.99. The Morgan fingerprint density at radius 1 is 1.13 bits per heavy atom. The van der Waals surface area contributed by atoms with E-state index in [0.717, 1.165) is 11.5 Å². The zero-order valence-electron chi connectivity index (χ0n) is 16.3. The summed E-state index contributed by atoms with van der Waals surface area (Å²) in [4.78, 5) is 31.8. The molecule has 9 nitrogen and oxygen atoms in total. The minimum absolute atomic E-state index is 0.0835. The summed E-state index contributed by atoms with van der Waals surface area (Å²) in [7, 11) is 0. The molecular weight excluding hydrogens is 384 g/mol. The number of carbonyl (C=O) groups excluding carboxylic acids is 2. The van der Waals surface area contributed by atoms with Crippen LogP contribution in [0.1, 0.15) is 29.2 Å². The van der Waals surface area contributed by atoms with Gasteiger partial charge in [-0.1, -0.05) is 18.2 Å². The minimum atomic E-state index is -0.689. The number of benzene rings is 1. The van der Waals surface area contributed by atoms with Crippen molar-refractivity contribution < 1.29 is 14.3 Å². The molecule has 1 aromatic carbocycles. The Morgan fingerprint density at radius 2 is 1.93 bits per heavy atom. The summed E-state index contributed by atoms with van der Waals surface area (Å²) in [5.74, 6) is 0.552. The first-order chi connectivity index (χ1) is 14.6. The van der Waals surface area contributed by atoms with Crippen molar-refractivity contribution in [3.63, 3.8) is 0 Å². The third-order valence-electron chi connectivity index (χ3n) is 5.78. The number of aromatic nitrogens is 4. The van der Waals surface area contributed by atoms with Gasteiger partial charge in [0.1, 0.15) is 17.1 Å². The standard InChI is InChI=1S/C21H22N6O3/c28-18(24-15-4-2-1-3-5-15)17-14-27-13-10-22-20(27)21(30-17)7-11-26(12-8-21)19(29)16-6-9-23-25-16/h1-6,9-10,13,17H,7-8,11-12,14H2,(H,23,25)(H,24,28)/t17-/m0/s1. The van der Waals surface area contributed by atoms with E-state index >= 15 is 0 Å². The number of ether oxygens (including phenoxy) is 1. The summed E-state index contributed by atoms with van der Waals surface area (Å²) in [6.45, 7) is 1.43. The highest BCUT2D eigenvalue weighted by atomic mass is 16.5. The predicted molar refractivity (Wildman–Crippen MR) is 108 cm³/mol. The molecule has 30 heavy (non-hydrogen) atoms. The molecule has 2 aliphatic heterocycles. The van der Waals surface area contributed by atoms with Gasteiger partial charge in [-0.2, -0.15) is 5.10 Å². The Labute approximate surface area is 173 Å². The molecule has 2 aliphatic rings. The van der Waals surface area contributed by atoms with Crippen LogP contribution in [0.3, 0.4) is 0 Å². The number of amides is 2. The van der Waals surface area contributed by atoms with Crippen LogP contribution in [0, 0.1) is 0 Å². The van der Waals surface area contributed by atoms with Crippen molar-refractivity contribution in [1.29, 1.82) is 0 Å². The molecule has 1 spiro atoms. The van der Waals surface area contributed by atoms with Crippen molar-refractivity contribution in [2.24, 2.45) is 0 Å². The molecule has 2 N–H and O–H groups in total. The summed E-state index contributed by atoms with van der Waals surface area (Å²) in [6.07, 6.45) is 5.68. The van der Waals surface area contributed by atoms with E-state index in [1.54, 1.807) is 23.4 Å². The number of nitrogens with one attached hydrogen (secondary N) is 2. The van der Waals surface area contributed by atoms with Crippen molar-refractivity contribution >= 4 is 17.5 Å². The number of aromatic amines is 1. The fourth-order valence-corrected chi connectivity index (χ4v) is 4.24. The highest BCUT2D eigenvalue weighted by Gasteiger charge is 2.47. The van der Waals surface area contributed by atoms with Crippen LogP contribution in [0.15, 0.2) is 55.0 Å². The molecular formula is C21H22N6O3. The van der Waals surface area contributed by atoms with Gasteiger partial charge in [0, 0.05) is 50.2 Å². The lowest BCUT2D eigenvalue weighted by atomic mass is 9.88. The van der Waals surface area contributed by atoms with Crippen LogP contribution < -0.4 is 5.32 Å². The Kier molecular flexibility index (Phi) is 4.59. The predicted octanol–water partition coefficient (Wildman–Crippen LogP) is 1.78. The van der Waals surface area contributed by atoms with E-state index in [9.17, 15) is 9.59 Å². The van der Waals surface area contributed by atoms with Gasteiger partial charge in [-0.3, -0.25) is 14.7 Å². The van der Waals surface area contributed by atoms with E-state index in [0.29, 0.717) is 38.2 Å². The van der Waals surface area contributed by atoms with Gasteiger partial charge in [0.15, 0.2) is 6.10 Å². The van der Waals surface area contributed by atoms with Crippen LogP contribution in [0.2, 0.25) is 0 Å². The van der Waals surface area contributed by atoms with Crippen LogP contribution in [0.5, 0.6) is 0 Å². The van der Waals surface area contributed by atoms with Gasteiger partial charge in [0.25, 0.3) is 11.8 Å². The van der Waals surface area contributed by atoms with Crippen LogP contribution in [-0.2, 0) is 21.7 Å². The quantitative estimate of drug-likeness (QED) is 0.690. The normalized spacial score (nSPS) is 20.0. The van der Waals surface area contributed by atoms with E-state index in [4.69, 9.17) is 4.74 Å². The lowest BCUT2D eigenvalue weighted by molar-refractivity contribution is -0.168. The highest BCUT2D eigenvalue weighted by molar-refractivity contribution is 5.94. The number of likely N-dealkylation sites (tertiary alicyclic amines) is 1. The van der Waals surface area contributed by atoms with Crippen molar-refractivity contribution in [3.05, 3.63) is 66.5 Å².